The maximum Gasteiger partial charge on any atom is 0.126 e. The van der Waals surface area contributed by atoms with E-state index in [1.54, 1.807) is 7.11 Å². The monoisotopic (exact) mass is 345 g/mol. The third-order valence-corrected chi connectivity index (χ3v) is 3.95. The maximum absolute atomic E-state index is 13.1. The Balaban J connectivity index is 2.02. The first-order valence-corrected chi connectivity index (χ1v) is 7.53. The molecule has 0 spiro atoms. The second kappa shape index (κ2) is 7.86. The zero-order chi connectivity index (χ0) is 16.1. The summed E-state index contributed by atoms with van der Waals surface area (Å²) < 4.78 is 31.7. The molecule has 0 N–H and O–H groups in total. The van der Waals surface area contributed by atoms with Gasteiger partial charge in [-0.05, 0) is 37.0 Å². The molecule has 118 valence electrons. The number of methoxy groups -OCH3 is 1. The highest BCUT2D eigenvalue weighted by Gasteiger charge is 2.18. The topological polar surface area (TPSA) is 22.1 Å². The van der Waals surface area contributed by atoms with E-state index >= 15 is 0 Å². The van der Waals surface area contributed by atoms with Crippen LogP contribution in [-0.2, 0) is 11.2 Å². The molecular formula is C16H15Cl2F2NO. The van der Waals surface area contributed by atoms with Gasteiger partial charge in [-0.1, -0.05) is 23.2 Å². The van der Waals surface area contributed by atoms with Crippen LogP contribution in [0.4, 0.5) is 8.78 Å². The fraction of sp³-hybridized carbons (Fsp3) is 0.312. The van der Waals surface area contributed by atoms with Crippen LogP contribution in [0.1, 0.15) is 30.1 Å². The van der Waals surface area contributed by atoms with Gasteiger partial charge in [0.15, 0.2) is 0 Å². The molecule has 1 unspecified atom stereocenters. The molecule has 2 nitrogen and oxygen atoms in total. The lowest BCUT2D eigenvalue weighted by molar-refractivity contribution is 0.0939. The predicted octanol–water partition coefficient (Wildman–Crippen LogP) is 5.38. The van der Waals surface area contributed by atoms with E-state index in [4.69, 9.17) is 27.9 Å². The van der Waals surface area contributed by atoms with Crippen molar-refractivity contribution < 1.29 is 13.5 Å². The number of aryl methyl sites for hydroxylation is 1. The summed E-state index contributed by atoms with van der Waals surface area (Å²) in [4.78, 5) is 3.91. The number of nitrogens with zero attached hydrogens (tertiary/aromatic N) is 1. The van der Waals surface area contributed by atoms with Gasteiger partial charge in [0.2, 0.25) is 0 Å². The van der Waals surface area contributed by atoms with E-state index in [1.165, 1.54) is 24.5 Å². The Morgan fingerprint density at radius 2 is 1.68 bits per heavy atom. The van der Waals surface area contributed by atoms with Crippen LogP contribution in [0.3, 0.4) is 0 Å². The van der Waals surface area contributed by atoms with Gasteiger partial charge in [0.25, 0.3) is 0 Å². The number of halogens is 4. The molecule has 6 heteroatoms. The third kappa shape index (κ3) is 4.38. The van der Waals surface area contributed by atoms with Gasteiger partial charge in [-0.15, -0.1) is 0 Å². The van der Waals surface area contributed by atoms with Gasteiger partial charge >= 0.3 is 0 Å². The van der Waals surface area contributed by atoms with Crippen molar-refractivity contribution in [1.29, 1.82) is 0 Å². The molecule has 0 aliphatic heterocycles. The molecule has 2 aromatic rings. The van der Waals surface area contributed by atoms with Gasteiger partial charge in [0, 0.05) is 31.1 Å². The van der Waals surface area contributed by atoms with Crippen LogP contribution in [0, 0.1) is 11.6 Å². The Labute approximate surface area is 138 Å². The van der Waals surface area contributed by atoms with Crippen LogP contribution in [0.25, 0.3) is 0 Å². The molecule has 1 heterocycles. The summed E-state index contributed by atoms with van der Waals surface area (Å²) in [6.07, 6.45) is 4.57. The molecular weight excluding hydrogens is 331 g/mol. The zero-order valence-corrected chi connectivity index (χ0v) is 13.5. The maximum atomic E-state index is 13.1. The minimum atomic E-state index is -0.571. The summed E-state index contributed by atoms with van der Waals surface area (Å²) in [7, 11) is 1.57. The van der Waals surface area contributed by atoms with Crippen molar-refractivity contribution in [2.45, 2.75) is 25.4 Å². The Morgan fingerprint density at radius 1 is 1.09 bits per heavy atom. The molecule has 0 amide bonds. The van der Waals surface area contributed by atoms with Crippen LogP contribution < -0.4 is 0 Å². The lowest BCUT2D eigenvalue weighted by Gasteiger charge is -2.18. The van der Waals surface area contributed by atoms with Gasteiger partial charge < -0.3 is 4.74 Å². The molecule has 1 aromatic carbocycles. The Bertz CT molecular complexity index is 612. The first kappa shape index (κ1) is 17.1. The molecule has 0 aliphatic rings. The second-order valence-corrected chi connectivity index (χ2v) is 5.73. The van der Waals surface area contributed by atoms with Crippen molar-refractivity contribution in [2.75, 3.05) is 7.11 Å². The average molecular weight is 346 g/mol. The van der Waals surface area contributed by atoms with E-state index in [1.807, 2.05) is 0 Å². The minimum absolute atomic E-state index is 0.290. The van der Waals surface area contributed by atoms with E-state index in [-0.39, 0.29) is 6.10 Å². The van der Waals surface area contributed by atoms with Crippen molar-refractivity contribution in [1.82, 2.24) is 4.98 Å². The quantitative estimate of drug-likeness (QED) is 0.701. The molecule has 1 atom stereocenters. The van der Waals surface area contributed by atoms with E-state index in [0.29, 0.717) is 40.4 Å². The van der Waals surface area contributed by atoms with Gasteiger partial charge in [0.1, 0.15) is 11.6 Å². The van der Waals surface area contributed by atoms with Gasteiger partial charge in [-0.3, -0.25) is 4.98 Å². The Kier molecular flexibility index (Phi) is 6.12. The summed E-state index contributed by atoms with van der Waals surface area (Å²) in [5.74, 6) is -1.14. The van der Waals surface area contributed by atoms with Gasteiger partial charge in [0.05, 0.1) is 16.1 Å². The Morgan fingerprint density at radius 3 is 2.23 bits per heavy atom. The van der Waals surface area contributed by atoms with Crippen LogP contribution in [0.2, 0.25) is 10.0 Å². The number of benzene rings is 1. The van der Waals surface area contributed by atoms with Crippen LogP contribution in [0.15, 0.2) is 30.6 Å². The van der Waals surface area contributed by atoms with E-state index in [0.717, 1.165) is 6.07 Å². The van der Waals surface area contributed by atoms with Crippen molar-refractivity contribution in [2.24, 2.45) is 0 Å². The predicted molar refractivity (Wildman–Crippen MR) is 83.3 cm³/mol. The fourth-order valence-corrected chi connectivity index (χ4v) is 2.96. The second-order valence-electron chi connectivity index (χ2n) is 4.91. The molecule has 22 heavy (non-hydrogen) atoms. The lowest BCUT2D eigenvalue weighted by atomic mass is 10.0. The van der Waals surface area contributed by atoms with Crippen LogP contribution in [-0.4, -0.2) is 12.1 Å². The van der Waals surface area contributed by atoms with Crippen LogP contribution >= 0.6 is 23.2 Å². The smallest absolute Gasteiger partial charge is 0.126 e. The molecule has 0 fully saturated rings. The highest BCUT2D eigenvalue weighted by molar-refractivity contribution is 6.35. The average Bonchev–Trinajstić information content (AvgIpc) is 2.44. The molecule has 2 rings (SSSR count). The minimum Gasteiger partial charge on any atom is -0.377 e. The summed E-state index contributed by atoms with van der Waals surface area (Å²) in [6.45, 7) is 0. The summed E-state index contributed by atoms with van der Waals surface area (Å²) >= 11 is 12.2. The summed E-state index contributed by atoms with van der Waals surface area (Å²) in [5, 5.41) is 0.882. The van der Waals surface area contributed by atoms with Gasteiger partial charge in [-0.2, -0.15) is 0 Å². The SMILES string of the molecule is COC(CCCc1cc(F)cc(F)c1)c1c(Cl)cncc1Cl. The van der Waals surface area contributed by atoms with E-state index < -0.39 is 11.6 Å². The first-order valence-electron chi connectivity index (χ1n) is 6.78. The molecule has 0 aliphatic carbocycles. The highest BCUT2D eigenvalue weighted by atomic mass is 35.5. The van der Waals surface area contributed by atoms with Crippen molar-refractivity contribution >= 4 is 23.2 Å². The number of aromatic nitrogens is 1. The number of pyridine rings is 1. The molecule has 0 saturated heterocycles. The first-order chi connectivity index (χ1) is 10.5. The standard InChI is InChI=1S/C16H15Cl2F2NO/c1-22-15(16-13(17)8-21-9-14(16)18)4-2-3-10-5-11(19)7-12(20)6-10/h5-9,15H,2-4H2,1H3. The summed E-state index contributed by atoms with van der Waals surface area (Å²) in [6, 6.07) is 3.52. The van der Waals surface area contributed by atoms with E-state index in [9.17, 15) is 8.78 Å². The number of ether oxygens (including phenoxy) is 1. The zero-order valence-electron chi connectivity index (χ0n) is 12.0. The number of hydrogen-bond donors (Lipinski definition) is 0. The number of hydrogen-bond acceptors (Lipinski definition) is 2. The van der Waals surface area contributed by atoms with Crippen LogP contribution in [0.5, 0.6) is 0 Å². The van der Waals surface area contributed by atoms with E-state index in [2.05, 4.69) is 4.98 Å². The fourth-order valence-electron chi connectivity index (χ4n) is 2.36. The summed E-state index contributed by atoms with van der Waals surface area (Å²) in [5.41, 5.74) is 1.30. The highest BCUT2D eigenvalue weighted by Crippen LogP contribution is 2.34. The van der Waals surface area contributed by atoms with Crippen molar-refractivity contribution in [3.05, 3.63) is 63.4 Å². The molecule has 0 radical (unpaired) electrons. The van der Waals surface area contributed by atoms with Crippen molar-refractivity contribution in [3.63, 3.8) is 0 Å². The lowest BCUT2D eigenvalue weighted by Crippen LogP contribution is -2.05. The molecule has 1 aromatic heterocycles. The third-order valence-electron chi connectivity index (χ3n) is 3.35. The number of rotatable bonds is 6. The molecule has 0 saturated carbocycles. The normalized spacial score (nSPS) is 12.4. The van der Waals surface area contributed by atoms with Gasteiger partial charge in [-0.25, -0.2) is 8.78 Å². The largest absolute Gasteiger partial charge is 0.377 e. The van der Waals surface area contributed by atoms with Crippen molar-refractivity contribution in [3.8, 4) is 0 Å². The molecule has 0 bridgehead atoms. The Hall–Kier alpha value is -1.23.